The number of aliphatic imine (C=N–C) groups is 1. The summed E-state index contributed by atoms with van der Waals surface area (Å²) in [6.45, 7) is 3.86. The monoisotopic (exact) mass is 434 g/mol. The Bertz CT molecular complexity index is 553. The van der Waals surface area contributed by atoms with E-state index >= 15 is 0 Å². The molecule has 1 aromatic carbocycles. The summed E-state index contributed by atoms with van der Waals surface area (Å²) in [5, 5.41) is 6.48. The number of likely N-dealkylation sites (tertiary alicyclic amines) is 1. The molecule has 1 aliphatic rings. The van der Waals surface area contributed by atoms with Crippen LogP contribution in [0, 0.1) is 5.82 Å². The molecule has 0 radical (unpaired) electrons. The van der Waals surface area contributed by atoms with Crippen LogP contribution in [0.15, 0.2) is 29.3 Å². The number of carbonyl (C=O) groups excluding carboxylic acids is 1. The minimum absolute atomic E-state index is 0. The van der Waals surface area contributed by atoms with Gasteiger partial charge in [-0.15, -0.1) is 24.0 Å². The first-order valence-corrected chi connectivity index (χ1v) is 7.61. The van der Waals surface area contributed by atoms with Crippen LogP contribution in [0.4, 0.5) is 4.39 Å². The average molecular weight is 434 g/mol. The van der Waals surface area contributed by atoms with E-state index in [0.29, 0.717) is 25.5 Å². The van der Waals surface area contributed by atoms with Crippen molar-refractivity contribution in [3.8, 4) is 0 Å². The number of amides is 1. The third kappa shape index (κ3) is 5.96. The van der Waals surface area contributed by atoms with Crippen LogP contribution >= 0.6 is 24.0 Å². The minimum atomic E-state index is -0.244. The molecular weight excluding hydrogens is 410 g/mol. The number of rotatable bonds is 4. The number of nitrogens with one attached hydrogen (secondary N) is 2. The van der Waals surface area contributed by atoms with Gasteiger partial charge in [-0.1, -0.05) is 19.1 Å². The van der Waals surface area contributed by atoms with Crippen molar-refractivity contribution >= 4 is 35.8 Å². The number of halogens is 2. The molecule has 128 valence electrons. The number of hydrogen-bond acceptors (Lipinski definition) is 2. The minimum Gasteiger partial charge on any atom is -0.352 e. The summed E-state index contributed by atoms with van der Waals surface area (Å²) < 4.78 is 13.1. The Morgan fingerprint density at radius 2 is 2.26 bits per heavy atom. The van der Waals surface area contributed by atoms with E-state index in [4.69, 9.17) is 0 Å². The molecule has 0 saturated carbocycles. The molecule has 0 spiro atoms. The summed E-state index contributed by atoms with van der Waals surface area (Å²) in [6.07, 6.45) is 1.45. The molecule has 1 atom stereocenters. The van der Waals surface area contributed by atoms with E-state index in [1.807, 2.05) is 17.9 Å². The summed E-state index contributed by atoms with van der Waals surface area (Å²) in [5.41, 5.74) is 0.858. The number of nitrogens with zero attached hydrogens (tertiary/aromatic N) is 2. The predicted octanol–water partition coefficient (Wildman–Crippen LogP) is 2.12. The molecule has 1 unspecified atom stereocenters. The lowest BCUT2D eigenvalue weighted by Crippen LogP contribution is -2.44. The second-order valence-corrected chi connectivity index (χ2v) is 5.38. The summed E-state index contributed by atoms with van der Waals surface area (Å²) in [4.78, 5) is 17.7. The summed E-state index contributed by atoms with van der Waals surface area (Å²) in [5.74, 6) is 0.610. The van der Waals surface area contributed by atoms with E-state index < -0.39 is 0 Å². The Hall–Kier alpha value is -1.38. The van der Waals surface area contributed by atoms with Gasteiger partial charge < -0.3 is 15.5 Å². The van der Waals surface area contributed by atoms with Gasteiger partial charge >= 0.3 is 0 Å². The van der Waals surface area contributed by atoms with E-state index in [-0.39, 0.29) is 41.7 Å². The van der Waals surface area contributed by atoms with E-state index in [9.17, 15) is 9.18 Å². The Morgan fingerprint density at radius 1 is 1.48 bits per heavy atom. The number of benzene rings is 1. The number of carbonyl (C=O) groups is 1. The van der Waals surface area contributed by atoms with Crippen molar-refractivity contribution in [3.63, 3.8) is 0 Å². The van der Waals surface area contributed by atoms with Gasteiger partial charge in [0, 0.05) is 39.1 Å². The largest absolute Gasteiger partial charge is 0.352 e. The Labute approximate surface area is 153 Å². The van der Waals surface area contributed by atoms with Crippen molar-refractivity contribution in [2.24, 2.45) is 4.99 Å². The lowest BCUT2D eigenvalue weighted by molar-refractivity contribution is -0.129. The van der Waals surface area contributed by atoms with Gasteiger partial charge in [0.15, 0.2) is 5.96 Å². The number of hydrogen-bond donors (Lipinski definition) is 2. The standard InChI is InChI=1S/C16H23FN4O.HI/c1-3-15(22)21-8-7-14(11-21)20-16(18-2)19-10-12-5-4-6-13(17)9-12;/h4-6,9,14H,3,7-8,10-11H2,1-2H3,(H2,18,19,20);1H. The molecule has 0 bridgehead atoms. The van der Waals surface area contributed by atoms with Crippen molar-refractivity contribution in [3.05, 3.63) is 35.6 Å². The van der Waals surface area contributed by atoms with Crippen LogP contribution in [0.3, 0.4) is 0 Å². The van der Waals surface area contributed by atoms with Crippen molar-refractivity contribution < 1.29 is 9.18 Å². The van der Waals surface area contributed by atoms with Crippen LogP contribution in [0.1, 0.15) is 25.3 Å². The van der Waals surface area contributed by atoms with Crippen LogP contribution in [0.25, 0.3) is 0 Å². The van der Waals surface area contributed by atoms with Gasteiger partial charge in [-0.05, 0) is 24.1 Å². The summed E-state index contributed by atoms with van der Waals surface area (Å²) >= 11 is 0. The van der Waals surface area contributed by atoms with Crippen LogP contribution in [-0.2, 0) is 11.3 Å². The van der Waals surface area contributed by atoms with Crippen molar-refractivity contribution in [1.29, 1.82) is 0 Å². The Morgan fingerprint density at radius 3 is 2.91 bits per heavy atom. The van der Waals surface area contributed by atoms with Crippen molar-refractivity contribution in [2.45, 2.75) is 32.4 Å². The molecule has 2 rings (SSSR count). The highest BCUT2D eigenvalue weighted by atomic mass is 127. The maximum absolute atomic E-state index is 13.1. The van der Waals surface area contributed by atoms with Gasteiger partial charge in [-0.3, -0.25) is 9.79 Å². The molecule has 2 N–H and O–H groups in total. The van der Waals surface area contributed by atoms with Crippen molar-refractivity contribution in [1.82, 2.24) is 15.5 Å². The van der Waals surface area contributed by atoms with Crippen LogP contribution in [0.5, 0.6) is 0 Å². The first kappa shape index (κ1) is 19.7. The number of guanidine groups is 1. The molecular formula is C16H24FIN4O. The van der Waals surface area contributed by atoms with E-state index in [1.165, 1.54) is 12.1 Å². The van der Waals surface area contributed by atoms with Crippen molar-refractivity contribution in [2.75, 3.05) is 20.1 Å². The highest BCUT2D eigenvalue weighted by molar-refractivity contribution is 14.0. The smallest absolute Gasteiger partial charge is 0.222 e. The van der Waals surface area contributed by atoms with E-state index in [1.54, 1.807) is 13.1 Å². The Balaban J connectivity index is 0.00000264. The molecule has 1 amide bonds. The molecule has 1 fully saturated rings. The van der Waals surface area contributed by atoms with Crippen LogP contribution in [-0.4, -0.2) is 42.9 Å². The zero-order valence-electron chi connectivity index (χ0n) is 13.5. The lowest BCUT2D eigenvalue weighted by atomic mass is 10.2. The second kappa shape index (κ2) is 9.69. The molecule has 0 aromatic heterocycles. The topological polar surface area (TPSA) is 56.7 Å². The quantitative estimate of drug-likeness (QED) is 0.434. The predicted molar refractivity (Wildman–Crippen MR) is 100 cm³/mol. The SMILES string of the molecule is CCC(=O)N1CCC(NC(=NC)NCc2cccc(F)c2)C1.I. The van der Waals surface area contributed by atoms with Gasteiger partial charge in [-0.2, -0.15) is 0 Å². The van der Waals surface area contributed by atoms with Crippen LogP contribution < -0.4 is 10.6 Å². The maximum atomic E-state index is 13.1. The molecule has 0 aliphatic carbocycles. The van der Waals surface area contributed by atoms with Gasteiger partial charge in [0.1, 0.15) is 5.82 Å². The molecule has 7 heteroatoms. The first-order valence-electron chi connectivity index (χ1n) is 7.61. The molecule has 1 aliphatic heterocycles. The maximum Gasteiger partial charge on any atom is 0.222 e. The van der Waals surface area contributed by atoms with Gasteiger partial charge in [-0.25, -0.2) is 4.39 Å². The lowest BCUT2D eigenvalue weighted by Gasteiger charge is -2.18. The third-order valence-corrected chi connectivity index (χ3v) is 3.76. The van der Waals surface area contributed by atoms with E-state index in [2.05, 4.69) is 15.6 Å². The summed E-state index contributed by atoms with van der Waals surface area (Å²) in [6, 6.07) is 6.68. The van der Waals surface area contributed by atoms with Gasteiger partial charge in [0.2, 0.25) is 5.91 Å². The van der Waals surface area contributed by atoms with E-state index in [0.717, 1.165) is 18.5 Å². The highest BCUT2D eigenvalue weighted by Crippen LogP contribution is 2.10. The Kier molecular flexibility index (Phi) is 8.29. The molecule has 23 heavy (non-hydrogen) atoms. The fourth-order valence-electron chi connectivity index (χ4n) is 2.55. The first-order chi connectivity index (χ1) is 10.6. The molecule has 5 nitrogen and oxygen atoms in total. The summed E-state index contributed by atoms with van der Waals surface area (Å²) in [7, 11) is 1.70. The fourth-order valence-corrected chi connectivity index (χ4v) is 2.55. The zero-order chi connectivity index (χ0) is 15.9. The molecule has 1 heterocycles. The molecule has 1 aromatic rings. The average Bonchev–Trinajstić information content (AvgIpc) is 2.99. The normalized spacial score (nSPS) is 17.6. The third-order valence-electron chi connectivity index (χ3n) is 3.76. The van der Waals surface area contributed by atoms with Gasteiger partial charge in [0.25, 0.3) is 0 Å². The second-order valence-electron chi connectivity index (χ2n) is 5.38. The fraction of sp³-hybridized carbons (Fsp3) is 0.500. The highest BCUT2D eigenvalue weighted by Gasteiger charge is 2.25. The zero-order valence-corrected chi connectivity index (χ0v) is 15.8. The van der Waals surface area contributed by atoms with Gasteiger partial charge in [0.05, 0.1) is 0 Å². The molecule has 1 saturated heterocycles. The van der Waals surface area contributed by atoms with Crippen LogP contribution in [0.2, 0.25) is 0 Å².